The number of amides is 2. The van der Waals surface area contributed by atoms with Gasteiger partial charge < -0.3 is 24.5 Å². The van der Waals surface area contributed by atoms with Crippen molar-refractivity contribution in [2.45, 2.75) is 25.4 Å². The number of carbonyl (C=O) groups is 2. The topological polar surface area (TPSA) is 76.6 Å². The summed E-state index contributed by atoms with van der Waals surface area (Å²) in [6.45, 7) is 6.80. The first-order chi connectivity index (χ1) is 12.2. The molecule has 2 saturated heterocycles. The van der Waals surface area contributed by atoms with Gasteiger partial charge in [-0.3, -0.25) is 9.69 Å². The van der Waals surface area contributed by atoms with Crippen molar-refractivity contribution >= 4 is 12.0 Å². The lowest BCUT2D eigenvalue weighted by molar-refractivity contribution is -0.134. The summed E-state index contributed by atoms with van der Waals surface area (Å²) in [5.74, 6) is 0.0496. The summed E-state index contributed by atoms with van der Waals surface area (Å²) in [6, 6.07) is 0. The molecule has 1 N–H and O–H groups in total. The third kappa shape index (κ3) is 5.56. The van der Waals surface area contributed by atoms with Gasteiger partial charge in [-0.25, -0.2) is 4.79 Å². The molecule has 0 bridgehead atoms. The average Bonchev–Trinajstić information content (AvgIpc) is 2.76. The van der Waals surface area contributed by atoms with Gasteiger partial charge in [-0.15, -0.1) is 0 Å². The van der Waals surface area contributed by atoms with Gasteiger partial charge in [-0.05, 0) is 26.8 Å². The largest absolute Gasteiger partial charge is 0.450 e. The van der Waals surface area contributed by atoms with Gasteiger partial charge in [-0.1, -0.05) is 0 Å². The van der Waals surface area contributed by atoms with Crippen molar-refractivity contribution in [2.75, 3.05) is 73.6 Å². The van der Waals surface area contributed by atoms with Crippen LogP contribution in [0.4, 0.5) is 4.79 Å². The Balaban J connectivity index is 1.94. The van der Waals surface area contributed by atoms with Crippen LogP contribution in [0.2, 0.25) is 0 Å². The third-order valence-electron chi connectivity index (χ3n) is 5.34. The molecule has 2 amide bonds. The second-order valence-electron chi connectivity index (χ2n) is 7.84. The number of likely N-dealkylation sites (tertiary alicyclic amines) is 1. The Morgan fingerprint density at radius 3 is 2.38 bits per heavy atom. The number of β-amino-alcohol motifs (C(OH)–C–C–N with tert-alkyl or cyclic N) is 1. The number of rotatable bonds is 4. The minimum Gasteiger partial charge on any atom is -0.450 e. The molecule has 8 nitrogen and oxygen atoms in total. The SMILES string of the molecule is CCOC(=O)N1CCC(O)(CN2CCN(C)CC(C(=O)N(C)C)C2)CC1. The van der Waals surface area contributed by atoms with Crippen molar-refractivity contribution in [2.24, 2.45) is 5.92 Å². The molecule has 150 valence electrons. The van der Waals surface area contributed by atoms with Gasteiger partial charge in [0.05, 0.1) is 18.1 Å². The Hall–Kier alpha value is -1.38. The van der Waals surface area contributed by atoms with E-state index in [0.717, 1.165) is 19.6 Å². The van der Waals surface area contributed by atoms with E-state index in [4.69, 9.17) is 4.74 Å². The Morgan fingerprint density at radius 1 is 1.15 bits per heavy atom. The molecule has 0 saturated carbocycles. The van der Waals surface area contributed by atoms with Crippen LogP contribution in [0.3, 0.4) is 0 Å². The van der Waals surface area contributed by atoms with Crippen molar-refractivity contribution in [3.05, 3.63) is 0 Å². The Kier molecular flexibility index (Phi) is 7.25. The molecule has 8 heteroatoms. The fourth-order valence-corrected chi connectivity index (χ4v) is 3.80. The van der Waals surface area contributed by atoms with Gasteiger partial charge in [0.2, 0.25) is 5.91 Å². The molecule has 2 rings (SSSR count). The maximum atomic E-state index is 12.4. The molecule has 1 unspecified atom stereocenters. The lowest BCUT2D eigenvalue weighted by atomic mass is 9.90. The molecule has 1 atom stereocenters. The lowest BCUT2D eigenvalue weighted by Crippen LogP contribution is -2.53. The van der Waals surface area contributed by atoms with Crippen molar-refractivity contribution in [1.29, 1.82) is 0 Å². The molecule has 0 radical (unpaired) electrons. The van der Waals surface area contributed by atoms with Gasteiger partial charge in [0.1, 0.15) is 0 Å². The molecule has 2 heterocycles. The van der Waals surface area contributed by atoms with E-state index in [1.807, 2.05) is 7.05 Å². The number of likely N-dealkylation sites (N-methyl/N-ethyl adjacent to an activating group) is 1. The first-order valence-corrected chi connectivity index (χ1v) is 9.50. The van der Waals surface area contributed by atoms with Crippen LogP contribution >= 0.6 is 0 Å². The van der Waals surface area contributed by atoms with Crippen molar-refractivity contribution in [3.63, 3.8) is 0 Å². The predicted octanol–water partition coefficient (Wildman–Crippen LogP) is -0.0784. The van der Waals surface area contributed by atoms with Crippen LogP contribution in [0.25, 0.3) is 0 Å². The predicted molar refractivity (Wildman–Crippen MR) is 98.9 cm³/mol. The first kappa shape index (κ1) is 20.9. The molecule has 2 aliphatic heterocycles. The van der Waals surface area contributed by atoms with Crippen molar-refractivity contribution in [1.82, 2.24) is 19.6 Å². The Labute approximate surface area is 156 Å². The molecular weight excluding hydrogens is 336 g/mol. The van der Waals surface area contributed by atoms with Crippen LogP contribution < -0.4 is 0 Å². The molecule has 26 heavy (non-hydrogen) atoms. The van der Waals surface area contributed by atoms with Crippen molar-refractivity contribution < 1.29 is 19.4 Å². The number of nitrogens with zero attached hydrogens (tertiary/aromatic N) is 4. The first-order valence-electron chi connectivity index (χ1n) is 9.50. The fraction of sp³-hybridized carbons (Fsp3) is 0.889. The molecule has 2 aliphatic rings. The van der Waals surface area contributed by atoms with Crippen LogP contribution in [-0.2, 0) is 9.53 Å². The van der Waals surface area contributed by atoms with E-state index < -0.39 is 5.60 Å². The Bertz CT molecular complexity index is 492. The van der Waals surface area contributed by atoms with Gasteiger partial charge in [-0.2, -0.15) is 0 Å². The van der Waals surface area contributed by atoms with Crippen molar-refractivity contribution in [3.8, 4) is 0 Å². The van der Waals surface area contributed by atoms with Gasteiger partial charge >= 0.3 is 6.09 Å². The number of piperidine rings is 1. The smallest absolute Gasteiger partial charge is 0.409 e. The summed E-state index contributed by atoms with van der Waals surface area (Å²) in [7, 11) is 5.61. The number of ether oxygens (including phenoxy) is 1. The summed E-state index contributed by atoms with van der Waals surface area (Å²) in [4.78, 5) is 32.0. The standard InChI is InChI=1S/C18H34N4O4/c1-5-26-17(24)22-8-6-18(25,7-9-22)14-21-11-10-20(4)12-15(13-21)16(23)19(2)3/h15,25H,5-14H2,1-4H3. The summed E-state index contributed by atoms with van der Waals surface area (Å²) in [6.07, 6.45) is 0.761. The highest BCUT2D eigenvalue weighted by Crippen LogP contribution is 2.25. The maximum absolute atomic E-state index is 12.4. The summed E-state index contributed by atoms with van der Waals surface area (Å²) in [5.41, 5.74) is -0.822. The minimum atomic E-state index is -0.822. The molecular formula is C18H34N4O4. The highest BCUT2D eigenvalue weighted by atomic mass is 16.6. The molecule has 0 aromatic heterocycles. The van der Waals surface area contributed by atoms with E-state index in [1.54, 1.807) is 30.8 Å². The van der Waals surface area contributed by atoms with Gasteiger partial charge in [0, 0.05) is 59.9 Å². The van der Waals surface area contributed by atoms with E-state index in [1.165, 1.54) is 0 Å². The molecule has 0 aromatic rings. The van der Waals surface area contributed by atoms with E-state index in [0.29, 0.717) is 45.6 Å². The zero-order valence-electron chi connectivity index (χ0n) is 16.6. The molecule has 0 aliphatic carbocycles. The Morgan fingerprint density at radius 2 is 1.81 bits per heavy atom. The summed E-state index contributed by atoms with van der Waals surface area (Å²) < 4.78 is 5.04. The van der Waals surface area contributed by atoms with Crippen LogP contribution in [0.15, 0.2) is 0 Å². The lowest BCUT2D eigenvalue weighted by Gasteiger charge is -2.40. The minimum absolute atomic E-state index is 0.0827. The number of aliphatic hydroxyl groups is 1. The zero-order chi connectivity index (χ0) is 19.3. The highest BCUT2D eigenvalue weighted by molar-refractivity contribution is 5.78. The number of hydrogen-bond acceptors (Lipinski definition) is 6. The molecule has 0 aromatic carbocycles. The fourth-order valence-electron chi connectivity index (χ4n) is 3.80. The van der Waals surface area contributed by atoms with Crippen LogP contribution in [0.5, 0.6) is 0 Å². The second-order valence-corrected chi connectivity index (χ2v) is 7.84. The van der Waals surface area contributed by atoms with Crippen LogP contribution in [-0.4, -0.2) is 116 Å². The average molecular weight is 370 g/mol. The summed E-state index contributed by atoms with van der Waals surface area (Å²) >= 11 is 0. The van der Waals surface area contributed by atoms with Gasteiger partial charge in [0.25, 0.3) is 0 Å². The maximum Gasteiger partial charge on any atom is 0.409 e. The number of hydrogen-bond donors (Lipinski definition) is 1. The normalized spacial score (nSPS) is 24.8. The van der Waals surface area contributed by atoms with Gasteiger partial charge in [0.15, 0.2) is 0 Å². The van der Waals surface area contributed by atoms with E-state index in [-0.39, 0.29) is 17.9 Å². The van der Waals surface area contributed by atoms with Crippen LogP contribution in [0.1, 0.15) is 19.8 Å². The quantitative estimate of drug-likeness (QED) is 0.746. The van der Waals surface area contributed by atoms with E-state index in [2.05, 4.69) is 9.80 Å². The third-order valence-corrected chi connectivity index (χ3v) is 5.34. The van der Waals surface area contributed by atoms with E-state index >= 15 is 0 Å². The van der Waals surface area contributed by atoms with Crippen LogP contribution in [0, 0.1) is 5.92 Å². The zero-order valence-corrected chi connectivity index (χ0v) is 16.6. The number of carbonyl (C=O) groups excluding carboxylic acids is 2. The summed E-state index contributed by atoms with van der Waals surface area (Å²) in [5, 5.41) is 11.0. The monoisotopic (exact) mass is 370 g/mol. The molecule has 2 fully saturated rings. The van der Waals surface area contributed by atoms with E-state index in [9.17, 15) is 14.7 Å². The molecule has 0 spiro atoms. The second kappa shape index (κ2) is 9.01. The highest BCUT2D eigenvalue weighted by Gasteiger charge is 2.37.